The van der Waals surface area contributed by atoms with Gasteiger partial charge in [0.25, 0.3) is 10.0 Å². The van der Waals surface area contributed by atoms with Crippen LogP contribution in [0.1, 0.15) is 29.8 Å². The van der Waals surface area contributed by atoms with Crippen LogP contribution in [0.15, 0.2) is 53.4 Å². The zero-order valence-corrected chi connectivity index (χ0v) is 18.5. The van der Waals surface area contributed by atoms with Crippen LogP contribution in [0.25, 0.3) is 11.1 Å². The molecule has 4 rings (SSSR count). The summed E-state index contributed by atoms with van der Waals surface area (Å²) in [6, 6.07) is 15.5. The summed E-state index contributed by atoms with van der Waals surface area (Å²) in [7, 11) is -1.88. The van der Waals surface area contributed by atoms with Crippen LogP contribution in [-0.2, 0) is 23.6 Å². The molecule has 0 bridgehead atoms. The molecule has 158 valence electrons. The summed E-state index contributed by atoms with van der Waals surface area (Å²) in [4.78, 5) is 2.71. The maximum atomic E-state index is 12.9. The van der Waals surface area contributed by atoms with E-state index in [-0.39, 0.29) is 4.90 Å². The molecule has 0 spiro atoms. The Morgan fingerprint density at radius 3 is 2.30 bits per heavy atom. The second-order valence-corrected chi connectivity index (χ2v) is 9.62. The molecule has 1 N–H and O–H groups in total. The zero-order valence-electron chi connectivity index (χ0n) is 17.7. The smallest absolute Gasteiger partial charge is 0.262 e. The summed E-state index contributed by atoms with van der Waals surface area (Å²) in [5, 5.41) is 4.28. The molecule has 3 aromatic rings. The molecule has 1 aromatic heterocycles. The average Bonchev–Trinajstić information content (AvgIpc) is 3.32. The molecule has 0 aliphatic carbocycles. The number of sulfonamides is 1. The monoisotopic (exact) mass is 424 g/mol. The lowest BCUT2D eigenvalue weighted by Crippen LogP contribution is -2.18. The van der Waals surface area contributed by atoms with Crippen LogP contribution in [0.5, 0.6) is 0 Å². The standard InChI is InChI=1S/C23H28N4O2S/c1-17-23(18(2)26(3)24-17)25-30(28,29)21-12-10-19(11-13-21)22-9-5-4-8-20(22)16-27-14-6-7-15-27/h4-5,8-13,25H,6-7,14-16H2,1-3H3. The number of rotatable bonds is 6. The first-order chi connectivity index (χ1) is 14.3. The lowest BCUT2D eigenvalue weighted by molar-refractivity contribution is 0.332. The fourth-order valence-electron chi connectivity index (χ4n) is 4.05. The van der Waals surface area contributed by atoms with E-state index in [2.05, 4.69) is 32.9 Å². The number of benzene rings is 2. The Bertz CT molecular complexity index is 1140. The minimum absolute atomic E-state index is 0.242. The molecular weight excluding hydrogens is 396 g/mol. The van der Waals surface area contributed by atoms with Gasteiger partial charge in [0, 0.05) is 13.6 Å². The van der Waals surface area contributed by atoms with Crippen molar-refractivity contribution in [2.24, 2.45) is 7.05 Å². The zero-order chi connectivity index (χ0) is 21.3. The highest BCUT2D eigenvalue weighted by Gasteiger charge is 2.20. The topological polar surface area (TPSA) is 67.2 Å². The maximum Gasteiger partial charge on any atom is 0.262 e. The van der Waals surface area contributed by atoms with Crippen molar-refractivity contribution in [1.82, 2.24) is 14.7 Å². The molecule has 30 heavy (non-hydrogen) atoms. The van der Waals surface area contributed by atoms with E-state index in [4.69, 9.17) is 0 Å². The van der Waals surface area contributed by atoms with Gasteiger partial charge in [0.2, 0.25) is 0 Å². The molecule has 1 aliphatic rings. The first-order valence-electron chi connectivity index (χ1n) is 10.3. The summed E-state index contributed by atoms with van der Waals surface area (Å²) in [5.74, 6) is 0. The molecule has 0 radical (unpaired) electrons. The summed E-state index contributed by atoms with van der Waals surface area (Å²) >= 11 is 0. The van der Waals surface area contributed by atoms with Gasteiger partial charge in [0.05, 0.1) is 22.0 Å². The highest BCUT2D eigenvalue weighted by Crippen LogP contribution is 2.28. The van der Waals surface area contributed by atoms with Crippen LogP contribution in [0.3, 0.4) is 0 Å². The molecule has 1 aliphatic heterocycles. The van der Waals surface area contributed by atoms with E-state index in [0.29, 0.717) is 11.4 Å². The van der Waals surface area contributed by atoms with Gasteiger partial charge < -0.3 is 0 Å². The van der Waals surface area contributed by atoms with Gasteiger partial charge in [0.1, 0.15) is 0 Å². The van der Waals surface area contributed by atoms with Gasteiger partial charge in [-0.1, -0.05) is 36.4 Å². The van der Waals surface area contributed by atoms with Crippen LogP contribution in [0, 0.1) is 13.8 Å². The first-order valence-corrected chi connectivity index (χ1v) is 11.8. The lowest BCUT2D eigenvalue weighted by Gasteiger charge is -2.18. The predicted octanol–water partition coefficient (Wildman–Crippen LogP) is 4.10. The second-order valence-electron chi connectivity index (χ2n) is 7.94. The van der Waals surface area contributed by atoms with Gasteiger partial charge >= 0.3 is 0 Å². The third-order valence-electron chi connectivity index (χ3n) is 5.83. The highest BCUT2D eigenvalue weighted by atomic mass is 32.2. The third-order valence-corrected chi connectivity index (χ3v) is 7.20. The van der Waals surface area contributed by atoms with E-state index in [1.165, 1.54) is 18.4 Å². The molecule has 6 nitrogen and oxygen atoms in total. The van der Waals surface area contributed by atoms with E-state index in [1.807, 2.05) is 25.1 Å². The van der Waals surface area contributed by atoms with Crippen LogP contribution >= 0.6 is 0 Å². The van der Waals surface area contributed by atoms with Crippen LogP contribution in [0.2, 0.25) is 0 Å². The number of aryl methyl sites for hydroxylation is 2. The summed E-state index contributed by atoms with van der Waals surface area (Å²) in [5.41, 5.74) is 5.43. The van der Waals surface area contributed by atoms with Gasteiger partial charge in [-0.05, 0) is 68.6 Å². The van der Waals surface area contributed by atoms with E-state index in [9.17, 15) is 8.42 Å². The normalized spacial score (nSPS) is 14.9. The minimum atomic E-state index is -3.68. The van der Waals surface area contributed by atoms with Crippen LogP contribution in [0.4, 0.5) is 5.69 Å². The van der Waals surface area contributed by atoms with E-state index in [1.54, 1.807) is 30.8 Å². The molecule has 0 saturated carbocycles. The molecule has 7 heteroatoms. The minimum Gasteiger partial charge on any atom is -0.299 e. The van der Waals surface area contributed by atoms with Gasteiger partial charge in [0.15, 0.2) is 0 Å². The van der Waals surface area contributed by atoms with E-state index < -0.39 is 10.0 Å². The van der Waals surface area contributed by atoms with Crippen molar-refractivity contribution in [1.29, 1.82) is 0 Å². The van der Waals surface area contributed by atoms with Crippen molar-refractivity contribution in [2.75, 3.05) is 17.8 Å². The Balaban J connectivity index is 1.59. The number of anilines is 1. The van der Waals surface area contributed by atoms with E-state index in [0.717, 1.165) is 36.5 Å². The molecule has 1 fully saturated rings. The largest absolute Gasteiger partial charge is 0.299 e. The number of aromatic nitrogens is 2. The number of nitrogens with one attached hydrogen (secondary N) is 1. The van der Waals surface area contributed by atoms with Gasteiger partial charge in [-0.25, -0.2) is 8.42 Å². The van der Waals surface area contributed by atoms with Crippen molar-refractivity contribution < 1.29 is 8.42 Å². The van der Waals surface area contributed by atoms with Crippen LogP contribution < -0.4 is 4.72 Å². The summed E-state index contributed by atoms with van der Waals surface area (Å²) < 4.78 is 30.2. The molecule has 0 atom stereocenters. The first kappa shape index (κ1) is 20.6. The fraction of sp³-hybridized carbons (Fsp3) is 0.348. The molecule has 1 saturated heterocycles. The Hall–Kier alpha value is -2.64. The van der Waals surface area contributed by atoms with Crippen molar-refractivity contribution in [2.45, 2.75) is 38.1 Å². The number of hydrogen-bond acceptors (Lipinski definition) is 4. The molecule has 2 aromatic carbocycles. The summed E-state index contributed by atoms with van der Waals surface area (Å²) in [6.45, 7) is 6.86. The van der Waals surface area contributed by atoms with Crippen molar-refractivity contribution >= 4 is 15.7 Å². The predicted molar refractivity (Wildman–Crippen MR) is 120 cm³/mol. The fourth-order valence-corrected chi connectivity index (χ4v) is 5.23. The van der Waals surface area contributed by atoms with Crippen molar-refractivity contribution in [3.63, 3.8) is 0 Å². The van der Waals surface area contributed by atoms with Gasteiger partial charge in [-0.2, -0.15) is 5.10 Å². The lowest BCUT2D eigenvalue weighted by atomic mass is 9.99. The quantitative estimate of drug-likeness (QED) is 0.647. The Labute approximate surface area is 178 Å². The molecular formula is C23H28N4O2S. The number of likely N-dealkylation sites (tertiary alicyclic amines) is 1. The Morgan fingerprint density at radius 1 is 1.00 bits per heavy atom. The highest BCUT2D eigenvalue weighted by molar-refractivity contribution is 7.92. The SMILES string of the molecule is Cc1nn(C)c(C)c1NS(=O)(=O)c1ccc(-c2ccccc2CN2CCCC2)cc1. The Kier molecular flexibility index (Phi) is 5.66. The summed E-state index contributed by atoms with van der Waals surface area (Å²) in [6.07, 6.45) is 2.52. The van der Waals surface area contributed by atoms with Crippen LogP contribution in [-0.4, -0.2) is 36.2 Å². The van der Waals surface area contributed by atoms with Gasteiger partial charge in [-0.3, -0.25) is 14.3 Å². The average molecular weight is 425 g/mol. The maximum absolute atomic E-state index is 12.9. The second kappa shape index (κ2) is 8.24. The molecule has 0 unspecified atom stereocenters. The molecule has 2 heterocycles. The van der Waals surface area contributed by atoms with E-state index >= 15 is 0 Å². The number of nitrogens with zero attached hydrogens (tertiary/aromatic N) is 3. The van der Waals surface area contributed by atoms with Crippen molar-refractivity contribution in [3.05, 3.63) is 65.5 Å². The Morgan fingerprint density at radius 2 is 1.67 bits per heavy atom. The molecule has 0 amide bonds. The van der Waals surface area contributed by atoms with Crippen molar-refractivity contribution in [3.8, 4) is 11.1 Å². The van der Waals surface area contributed by atoms with Gasteiger partial charge in [-0.15, -0.1) is 0 Å². The third kappa shape index (κ3) is 4.13. The number of hydrogen-bond donors (Lipinski definition) is 1.